The summed E-state index contributed by atoms with van der Waals surface area (Å²) in [6.45, 7) is 0. The van der Waals surface area contributed by atoms with Gasteiger partial charge in [-0.05, 0) is 88.9 Å². The predicted molar refractivity (Wildman–Crippen MR) is 194 cm³/mol. The SMILES string of the molecule is c1ccc2c(c1)ccc1ccc(-c3c4ccccc4c(-c4ccc5[nH]c6c7ccccc7ccc6c5c4)c4ccccc34)cc12. The Labute approximate surface area is 260 Å². The lowest BCUT2D eigenvalue weighted by Crippen LogP contribution is -1.91. The molecule has 0 spiro atoms. The zero-order valence-corrected chi connectivity index (χ0v) is 24.5. The van der Waals surface area contributed by atoms with Crippen molar-refractivity contribution < 1.29 is 0 Å². The predicted octanol–water partition coefficient (Wildman–Crippen LogP) is 12.4. The van der Waals surface area contributed by atoms with Gasteiger partial charge in [0, 0.05) is 21.7 Å². The first kappa shape index (κ1) is 24.5. The van der Waals surface area contributed by atoms with Crippen LogP contribution in [-0.2, 0) is 0 Å². The maximum atomic E-state index is 3.73. The molecule has 1 heteroatoms. The van der Waals surface area contributed by atoms with E-state index in [0.29, 0.717) is 0 Å². The van der Waals surface area contributed by atoms with Gasteiger partial charge in [0.05, 0.1) is 5.52 Å². The second-order valence-corrected chi connectivity index (χ2v) is 12.2. The van der Waals surface area contributed by atoms with Gasteiger partial charge in [-0.15, -0.1) is 0 Å². The molecule has 9 aromatic carbocycles. The molecule has 0 aliphatic rings. The number of aromatic nitrogens is 1. The molecule has 0 unspecified atom stereocenters. The van der Waals surface area contributed by atoms with E-state index in [9.17, 15) is 0 Å². The quantitative estimate of drug-likeness (QED) is 0.157. The summed E-state index contributed by atoms with van der Waals surface area (Å²) in [6, 6.07) is 58.1. The van der Waals surface area contributed by atoms with Gasteiger partial charge >= 0.3 is 0 Å². The number of nitrogens with one attached hydrogen (secondary N) is 1. The van der Waals surface area contributed by atoms with Crippen molar-refractivity contribution >= 4 is 75.7 Å². The smallest absolute Gasteiger partial charge is 0.0544 e. The molecule has 10 rings (SSSR count). The van der Waals surface area contributed by atoms with Gasteiger partial charge < -0.3 is 4.98 Å². The number of hydrogen-bond donors (Lipinski definition) is 1. The summed E-state index contributed by atoms with van der Waals surface area (Å²) in [7, 11) is 0. The molecule has 0 aliphatic carbocycles. The third kappa shape index (κ3) is 3.56. The zero-order chi connectivity index (χ0) is 29.5. The summed E-state index contributed by atoms with van der Waals surface area (Å²) in [4.78, 5) is 3.73. The molecule has 0 saturated carbocycles. The number of rotatable bonds is 2. The Bertz CT molecular complexity index is 2760. The van der Waals surface area contributed by atoms with Crippen molar-refractivity contribution in [2.45, 2.75) is 0 Å². The van der Waals surface area contributed by atoms with E-state index in [4.69, 9.17) is 0 Å². The second-order valence-electron chi connectivity index (χ2n) is 12.2. The van der Waals surface area contributed by atoms with E-state index in [1.54, 1.807) is 0 Å². The topological polar surface area (TPSA) is 15.8 Å². The summed E-state index contributed by atoms with van der Waals surface area (Å²) >= 11 is 0. The fraction of sp³-hybridized carbons (Fsp3) is 0. The molecule has 0 aliphatic heterocycles. The van der Waals surface area contributed by atoms with Crippen LogP contribution in [0.5, 0.6) is 0 Å². The van der Waals surface area contributed by atoms with Crippen molar-refractivity contribution in [3.63, 3.8) is 0 Å². The standard InChI is InChI=1S/C44H27N/c1-3-11-32-27(9-1)17-18-29-19-20-30(25-39(29)32)42-34-13-5-7-15-36(34)43(37-16-8-6-14-35(37)42)31-22-24-41-40(26-31)38-23-21-28-10-2-4-12-33(28)44(38)45-41/h1-26,45H. The van der Waals surface area contributed by atoms with Crippen molar-refractivity contribution in [2.75, 3.05) is 0 Å². The lowest BCUT2D eigenvalue weighted by Gasteiger charge is -2.18. The normalized spacial score (nSPS) is 12.0. The highest BCUT2D eigenvalue weighted by atomic mass is 14.7. The van der Waals surface area contributed by atoms with Crippen LogP contribution in [0.3, 0.4) is 0 Å². The molecule has 0 atom stereocenters. The van der Waals surface area contributed by atoms with Gasteiger partial charge in [-0.2, -0.15) is 0 Å². The van der Waals surface area contributed by atoms with E-state index in [1.807, 2.05) is 0 Å². The number of aromatic amines is 1. The molecule has 0 amide bonds. The summed E-state index contributed by atoms with van der Waals surface area (Å²) in [5.74, 6) is 0. The Kier molecular flexibility index (Phi) is 5.06. The van der Waals surface area contributed by atoms with Crippen LogP contribution in [-0.4, -0.2) is 4.98 Å². The zero-order valence-electron chi connectivity index (χ0n) is 24.5. The van der Waals surface area contributed by atoms with Crippen LogP contribution in [0.1, 0.15) is 0 Å². The molecule has 10 aromatic rings. The minimum Gasteiger partial charge on any atom is -0.354 e. The molecular formula is C44H27N. The number of benzene rings is 9. The summed E-state index contributed by atoms with van der Waals surface area (Å²) in [6.07, 6.45) is 0. The average Bonchev–Trinajstić information content (AvgIpc) is 3.49. The van der Waals surface area contributed by atoms with Gasteiger partial charge in [0.25, 0.3) is 0 Å². The Morgan fingerprint density at radius 3 is 1.38 bits per heavy atom. The second kappa shape index (κ2) is 9.29. The first-order chi connectivity index (χ1) is 22.3. The summed E-state index contributed by atoms with van der Waals surface area (Å²) in [5.41, 5.74) is 7.43. The van der Waals surface area contributed by atoms with Gasteiger partial charge in [-0.3, -0.25) is 0 Å². The van der Waals surface area contributed by atoms with E-state index >= 15 is 0 Å². The number of hydrogen-bond acceptors (Lipinski definition) is 0. The third-order valence-electron chi connectivity index (χ3n) is 9.75. The van der Waals surface area contributed by atoms with Crippen molar-refractivity contribution in [3.05, 3.63) is 158 Å². The van der Waals surface area contributed by atoms with Gasteiger partial charge in [-0.25, -0.2) is 0 Å². The van der Waals surface area contributed by atoms with Crippen LogP contribution in [0.2, 0.25) is 0 Å². The monoisotopic (exact) mass is 569 g/mol. The molecule has 0 radical (unpaired) electrons. The molecule has 0 fully saturated rings. The Morgan fingerprint density at radius 2 is 0.733 bits per heavy atom. The van der Waals surface area contributed by atoms with Crippen LogP contribution >= 0.6 is 0 Å². The minimum absolute atomic E-state index is 1.17. The third-order valence-corrected chi connectivity index (χ3v) is 9.75. The Hall–Kier alpha value is -5.92. The molecule has 1 aromatic heterocycles. The first-order valence-electron chi connectivity index (χ1n) is 15.6. The van der Waals surface area contributed by atoms with Gasteiger partial charge in [-0.1, -0.05) is 140 Å². The van der Waals surface area contributed by atoms with E-state index in [2.05, 4.69) is 163 Å². The van der Waals surface area contributed by atoms with Gasteiger partial charge in [0.1, 0.15) is 0 Å². The number of H-pyrrole nitrogens is 1. The van der Waals surface area contributed by atoms with E-state index in [0.717, 1.165) is 0 Å². The van der Waals surface area contributed by atoms with E-state index in [1.165, 1.54) is 97.9 Å². The highest BCUT2D eigenvalue weighted by Crippen LogP contribution is 2.45. The molecule has 0 bridgehead atoms. The highest BCUT2D eigenvalue weighted by molar-refractivity contribution is 6.24. The Morgan fingerprint density at radius 1 is 0.289 bits per heavy atom. The molecular weight excluding hydrogens is 542 g/mol. The fourth-order valence-corrected chi connectivity index (χ4v) is 7.70. The van der Waals surface area contributed by atoms with Gasteiger partial charge in [0.2, 0.25) is 0 Å². The lowest BCUT2D eigenvalue weighted by atomic mass is 9.85. The molecule has 208 valence electrons. The van der Waals surface area contributed by atoms with Crippen molar-refractivity contribution in [3.8, 4) is 22.3 Å². The molecule has 0 saturated heterocycles. The maximum absolute atomic E-state index is 3.73. The van der Waals surface area contributed by atoms with Crippen LogP contribution < -0.4 is 0 Å². The summed E-state index contributed by atoms with van der Waals surface area (Å²) < 4.78 is 0. The first-order valence-corrected chi connectivity index (χ1v) is 15.6. The van der Waals surface area contributed by atoms with Crippen molar-refractivity contribution in [1.82, 2.24) is 4.98 Å². The van der Waals surface area contributed by atoms with E-state index < -0.39 is 0 Å². The van der Waals surface area contributed by atoms with E-state index in [-0.39, 0.29) is 0 Å². The molecule has 1 nitrogen and oxygen atoms in total. The largest absolute Gasteiger partial charge is 0.354 e. The van der Waals surface area contributed by atoms with Gasteiger partial charge in [0.15, 0.2) is 0 Å². The van der Waals surface area contributed by atoms with Crippen molar-refractivity contribution in [1.29, 1.82) is 0 Å². The van der Waals surface area contributed by atoms with Crippen LogP contribution in [0, 0.1) is 0 Å². The average molecular weight is 570 g/mol. The van der Waals surface area contributed by atoms with Crippen LogP contribution in [0.4, 0.5) is 0 Å². The van der Waals surface area contributed by atoms with Crippen LogP contribution in [0.15, 0.2) is 158 Å². The molecule has 1 heterocycles. The molecule has 1 N–H and O–H groups in total. The lowest BCUT2D eigenvalue weighted by molar-refractivity contribution is 1.56. The fourth-order valence-electron chi connectivity index (χ4n) is 7.70. The maximum Gasteiger partial charge on any atom is 0.0544 e. The van der Waals surface area contributed by atoms with Crippen molar-refractivity contribution in [2.24, 2.45) is 0 Å². The minimum atomic E-state index is 1.17. The van der Waals surface area contributed by atoms with Crippen LogP contribution in [0.25, 0.3) is 97.9 Å². The summed E-state index contributed by atoms with van der Waals surface area (Å²) in [5, 5.41) is 15.3. The number of fused-ring (bicyclic) bond motifs is 10. The Balaban J connectivity index is 1.27. The highest BCUT2D eigenvalue weighted by Gasteiger charge is 2.18. The molecule has 45 heavy (non-hydrogen) atoms.